The molecule has 0 aliphatic carbocycles. The average Bonchev–Trinajstić information content (AvgIpc) is 2.72. The molecule has 31 heavy (non-hydrogen) atoms. The summed E-state index contributed by atoms with van der Waals surface area (Å²) in [5.41, 5.74) is 0.340. The number of sulfone groups is 1. The molecule has 0 heterocycles. The third-order valence-electron chi connectivity index (χ3n) is 4.69. The summed E-state index contributed by atoms with van der Waals surface area (Å²) in [5, 5.41) is 2.33. The van der Waals surface area contributed by atoms with Crippen LogP contribution in [0.25, 0.3) is 0 Å². The maximum absolute atomic E-state index is 13.8. The zero-order chi connectivity index (χ0) is 23.4. The monoisotopic (exact) mass is 497 g/mol. The van der Waals surface area contributed by atoms with Gasteiger partial charge in [-0.3, -0.25) is 9.59 Å². The van der Waals surface area contributed by atoms with Crippen LogP contribution in [0, 0.1) is 0 Å². The Morgan fingerprint density at radius 1 is 1.06 bits per heavy atom. The third kappa shape index (κ3) is 10.2. The molecule has 176 valence electrons. The lowest BCUT2D eigenvalue weighted by atomic mass is 10.0. The molecule has 0 aliphatic rings. The van der Waals surface area contributed by atoms with Gasteiger partial charge in [-0.2, -0.15) is 0 Å². The molecule has 0 aliphatic heterocycles. The average molecular weight is 498 g/mol. The lowest BCUT2D eigenvalue weighted by Gasteiger charge is -2.27. The van der Waals surface area contributed by atoms with Crippen molar-refractivity contribution in [2.45, 2.75) is 73.7 Å². The van der Waals surface area contributed by atoms with E-state index in [9.17, 15) is 22.4 Å². The highest BCUT2D eigenvalue weighted by molar-refractivity contribution is 7.90. The summed E-state index contributed by atoms with van der Waals surface area (Å²) >= 11 is 11.1. The molecule has 1 aromatic rings. The molecular formula is C21H30Cl2FNO5S. The minimum absolute atomic E-state index is 0.0656. The van der Waals surface area contributed by atoms with Gasteiger partial charge in [-0.1, -0.05) is 74.4 Å². The van der Waals surface area contributed by atoms with E-state index in [0.717, 1.165) is 38.4 Å². The Bertz CT molecular complexity index is 802. The van der Waals surface area contributed by atoms with Crippen LogP contribution in [0.15, 0.2) is 29.2 Å². The SMILES string of the molecule is CCCCCCCCC(=O)O[C@H](c1ccc(S(C)(=O)=O)cc1)[C@@H](CF)NC(=O)C(Cl)Cl. The topological polar surface area (TPSA) is 89.5 Å². The van der Waals surface area contributed by atoms with Crippen molar-refractivity contribution in [1.82, 2.24) is 5.32 Å². The normalized spacial score (nSPS) is 13.6. The van der Waals surface area contributed by atoms with E-state index >= 15 is 0 Å². The highest BCUT2D eigenvalue weighted by atomic mass is 35.5. The Hall–Kier alpha value is -1.38. The first-order valence-corrected chi connectivity index (χ1v) is 13.0. The molecule has 0 fully saturated rings. The fourth-order valence-corrected chi connectivity index (χ4v) is 3.73. The van der Waals surface area contributed by atoms with E-state index in [2.05, 4.69) is 12.2 Å². The lowest BCUT2D eigenvalue weighted by molar-refractivity contribution is -0.152. The molecule has 2 atom stereocenters. The van der Waals surface area contributed by atoms with Crippen LogP contribution in [-0.4, -0.2) is 44.1 Å². The molecule has 0 aromatic heterocycles. The van der Waals surface area contributed by atoms with Crippen molar-refractivity contribution < 1.29 is 27.1 Å². The standard InChI is InChI=1S/C21H30Cl2FNO5S/c1-3-4-5-6-7-8-9-18(26)30-19(17(14-24)25-21(27)20(22)23)15-10-12-16(13-11-15)31(2,28)29/h10-13,17,19-20H,3-9,14H2,1-2H3,(H,25,27)/t17-,19-/m1/s1. The van der Waals surface area contributed by atoms with E-state index in [0.29, 0.717) is 12.0 Å². The molecule has 0 bridgehead atoms. The van der Waals surface area contributed by atoms with E-state index < -0.39 is 45.4 Å². The number of alkyl halides is 3. The molecular weight excluding hydrogens is 468 g/mol. The van der Waals surface area contributed by atoms with Gasteiger partial charge in [0.15, 0.2) is 14.7 Å². The number of ether oxygens (including phenoxy) is 1. The van der Waals surface area contributed by atoms with Crippen molar-refractivity contribution in [2.24, 2.45) is 0 Å². The summed E-state index contributed by atoms with van der Waals surface area (Å²) in [4.78, 5) is 22.9. The Morgan fingerprint density at radius 2 is 1.65 bits per heavy atom. The predicted molar refractivity (Wildman–Crippen MR) is 120 cm³/mol. The van der Waals surface area contributed by atoms with Gasteiger partial charge in [0.2, 0.25) is 0 Å². The Morgan fingerprint density at radius 3 is 2.16 bits per heavy atom. The van der Waals surface area contributed by atoms with Gasteiger partial charge in [0.1, 0.15) is 12.8 Å². The van der Waals surface area contributed by atoms with Crippen LogP contribution in [0.5, 0.6) is 0 Å². The number of rotatable bonds is 14. The van der Waals surface area contributed by atoms with Crippen LogP contribution in [-0.2, 0) is 24.2 Å². The first-order chi connectivity index (χ1) is 14.6. The maximum atomic E-state index is 13.8. The van der Waals surface area contributed by atoms with Crippen molar-refractivity contribution in [3.63, 3.8) is 0 Å². The summed E-state index contributed by atoms with van der Waals surface area (Å²) in [5.74, 6) is -1.36. The van der Waals surface area contributed by atoms with Crippen LogP contribution >= 0.6 is 23.2 Å². The first-order valence-electron chi connectivity index (χ1n) is 10.2. The third-order valence-corrected chi connectivity index (χ3v) is 6.21. The second-order valence-corrected chi connectivity index (χ2v) is 10.5. The zero-order valence-electron chi connectivity index (χ0n) is 17.8. The molecule has 0 saturated heterocycles. The van der Waals surface area contributed by atoms with Gasteiger partial charge in [0, 0.05) is 12.7 Å². The second kappa shape index (κ2) is 13.9. The van der Waals surface area contributed by atoms with E-state index in [4.69, 9.17) is 27.9 Å². The van der Waals surface area contributed by atoms with Crippen molar-refractivity contribution >= 4 is 44.9 Å². The second-order valence-electron chi connectivity index (χ2n) is 7.34. The number of unbranched alkanes of at least 4 members (excludes halogenated alkanes) is 5. The Balaban J connectivity index is 2.94. The van der Waals surface area contributed by atoms with E-state index in [-0.39, 0.29) is 11.3 Å². The molecule has 0 unspecified atom stereocenters. The van der Waals surface area contributed by atoms with Gasteiger partial charge in [0.25, 0.3) is 5.91 Å². The summed E-state index contributed by atoms with van der Waals surface area (Å²) in [6.45, 7) is 1.08. The van der Waals surface area contributed by atoms with Gasteiger partial charge >= 0.3 is 5.97 Å². The number of benzene rings is 1. The number of carbonyl (C=O) groups excluding carboxylic acids is 2. The van der Waals surface area contributed by atoms with Gasteiger partial charge in [-0.15, -0.1) is 0 Å². The van der Waals surface area contributed by atoms with Crippen molar-refractivity contribution in [1.29, 1.82) is 0 Å². The van der Waals surface area contributed by atoms with Crippen LogP contribution in [0.2, 0.25) is 0 Å². The van der Waals surface area contributed by atoms with E-state index in [1.54, 1.807) is 0 Å². The molecule has 1 rings (SSSR count). The number of halogens is 3. The largest absolute Gasteiger partial charge is 0.455 e. The number of amides is 1. The highest BCUT2D eigenvalue weighted by Gasteiger charge is 2.30. The molecule has 0 spiro atoms. The number of nitrogens with one attached hydrogen (secondary N) is 1. The molecule has 1 aromatic carbocycles. The first kappa shape index (κ1) is 27.7. The fraction of sp³-hybridized carbons (Fsp3) is 0.619. The van der Waals surface area contributed by atoms with Crippen LogP contribution in [0.1, 0.15) is 63.5 Å². The summed E-state index contributed by atoms with van der Waals surface area (Å²) < 4.78 is 42.6. The lowest BCUT2D eigenvalue weighted by Crippen LogP contribution is -2.44. The van der Waals surface area contributed by atoms with Gasteiger partial charge < -0.3 is 10.1 Å². The molecule has 1 N–H and O–H groups in total. The van der Waals surface area contributed by atoms with E-state index in [1.165, 1.54) is 24.3 Å². The number of hydrogen-bond donors (Lipinski definition) is 1. The number of carbonyl (C=O) groups is 2. The smallest absolute Gasteiger partial charge is 0.306 e. The van der Waals surface area contributed by atoms with Crippen molar-refractivity contribution in [2.75, 3.05) is 12.9 Å². The molecule has 0 radical (unpaired) electrons. The van der Waals surface area contributed by atoms with Crippen LogP contribution in [0.3, 0.4) is 0 Å². The molecule has 10 heteroatoms. The molecule has 1 amide bonds. The maximum Gasteiger partial charge on any atom is 0.306 e. The van der Waals surface area contributed by atoms with E-state index in [1.807, 2.05) is 0 Å². The Labute approximate surface area is 193 Å². The highest BCUT2D eigenvalue weighted by Crippen LogP contribution is 2.25. The Kier molecular flexibility index (Phi) is 12.4. The van der Waals surface area contributed by atoms with Crippen LogP contribution < -0.4 is 5.32 Å². The quantitative estimate of drug-likeness (QED) is 0.229. The van der Waals surface area contributed by atoms with Crippen molar-refractivity contribution in [3.05, 3.63) is 29.8 Å². The summed E-state index contributed by atoms with van der Waals surface area (Å²) in [7, 11) is -3.43. The van der Waals surface area contributed by atoms with Gasteiger partial charge in [0.05, 0.1) is 10.9 Å². The number of esters is 1. The molecule has 0 saturated carbocycles. The number of hydrogen-bond acceptors (Lipinski definition) is 5. The van der Waals surface area contributed by atoms with Gasteiger partial charge in [-0.05, 0) is 24.1 Å². The fourth-order valence-electron chi connectivity index (χ4n) is 2.98. The molecule has 6 nitrogen and oxygen atoms in total. The van der Waals surface area contributed by atoms with Gasteiger partial charge in [-0.25, -0.2) is 12.8 Å². The zero-order valence-corrected chi connectivity index (χ0v) is 20.1. The minimum atomic E-state index is -3.43. The minimum Gasteiger partial charge on any atom is -0.455 e. The van der Waals surface area contributed by atoms with Crippen LogP contribution in [0.4, 0.5) is 4.39 Å². The summed E-state index contributed by atoms with van der Waals surface area (Å²) in [6, 6.07) is 4.29. The predicted octanol–water partition coefficient (Wildman–Crippen LogP) is 4.68. The van der Waals surface area contributed by atoms with Crippen molar-refractivity contribution in [3.8, 4) is 0 Å². The summed E-state index contributed by atoms with van der Waals surface area (Å²) in [6.07, 6.45) is 5.98.